The zero-order valence-electron chi connectivity index (χ0n) is 18.9. The van der Waals surface area contributed by atoms with Crippen LogP contribution >= 0.6 is 0 Å². The van der Waals surface area contributed by atoms with E-state index in [-0.39, 0.29) is 0 Å². The predicted molar refractivity (Wildman–Crippen MR) is 129 cm³/mol. The first-order chi connectivity index (χ1) is 15.7. The molecule has 0 unspecified atom stereocenters. The molecule has 0 aromatic heterocycles. The fourth-order valence-corrected chi connectivity index (χ4v) is 4.92. The summed E-state index contributed by atoms with van der Waals surface area (Å²) in [5, 5.41) is 7.10. The molecule has 0 saturated carbocycles. The lowest BCUT2D eigenvalue weighted by Gasteiger charge is -2.37. The molecule has 0 spiro atoms. The van der Waals surface area contributed by atoms with Gasteiger partial charge in [-0.05, 0) is 47.4 Å². The van der Waals surface area contributed by atoms with E-state index >= 15 is 0 Å². The number of hydrazone groups is 1. The highest BCUT2D eigenvalue weighted by Gasteiger charge is 2.34. The van der Waals surface area contributed by atoms with Gasteiger partial charge in [-0.15, -0.1) is 0 Å². The summed E-state index contributed by atoms with van der Waals surface area (Å²) in [6, 6.07) is 23.9. The molecular weight excluding hydrogens is 398 g/mol. The third-order valence-corrected chi connectivity index (χ3v) is 6.55. The van der Waals surface area contributed by atoms with Crippen molar-refractivity contribution in [3.63, 3.8) is 0 Å². The van der Waals surface area contributed by atoms with Gasteiger partial charge in [0.1, 0.15) is 0 Å². The van der Waals surface area contributed by atoms with Gasteiger partial charge in [0, 0.05) is 31.7 Å². The zero-order chi connectivity index (χ0) is 22.1. The Kier molecular flexibility index (Phi) is 5.58. The van der Waals surface area contributed by atoms with E-state index in [0.717, 1.165) is 49.0 Å². The minimum Gasteiger partial charge on any atom is -0.493 e. The first-order valence-electron chi connectivity index (χ1n) is 11.1. The van der Waals surface area contributed by atoms with Gasteiger partial charge in [-0.25, -0.2) is 0 Å². The molecule has 0 atom stereocenters. The average molecular weight is 428 g/mol. The monoisotopic (exact) mass is 427 g/mol. The molecular formula is C27H29N3O2. The van der Waals surface area contributed by atoms with Crippen molar-refractivity contribution in [3.8, 4) is 22.6 Å². The van der Waals surface area contributed by atoms with Gasteiger partial charge in [0.2, 0.25) is 0 Å². The summed E-state index contributed by atoms with van der Waals surface area (Å²) in [6.45, 7) is 5.83. The van der Waals surface area contributed by atoms with Crippen LogP contribution in [0, 0.1) is 0 Å². The van der Waals surface area contributed by atoms with E-state index in [4.69, 9.17) is 14.6 Å². The summed E-state index contributed by atoms with van der Waals surface area (Å²) in [5.41, 5.74) is 7.62. The number of nitrogens with zero attached hydrogens (tertiary/aromatic N) is 3. The Hall–Kier alpha value is -3.31. The van der Waals surface area contributed by atoms with E-state index in [1.165, 1.54) is 22.3 Å². The lowest BCUT2D eigenvalue weighted by atomic mass is 10.0. The van der Waals surface area contributed by atoms with E-state index < -0.39 is 0 Å². The van der Waals surface area contributed by atoms with Crippen molar-refractivity contribution in [2.45, 2.75) is 13.0 Å². The van der Waals surface area contributed by atoms with E-state index in [2.05, 4.69) is 65.4 Å². The fourth-order valence-electron chi connectivity index (χ4n) is 4.92. The van der Waals surface area contributed by atoms with Crippen LogP contribution in [-0.4, -0.2) is 56.0 Å². The second-order valence-corrected chi connectivity index (χ2v) is 8.32. The van der Waals surface area contributed by atoms with Crippen LogP contribution in [0.1, 0.15) is 29.7 Å². The van der Waals surface area contributed by atoms with Crippen LogP contribution in [0.4, 0.5) is 0 Å². The zero-order valence-corrected chi connectivity index (χ0v) is 18.9. The van der Waals surface area contributed by atoms with Gasteiger partial charge in [0.15, 0.2) is 11.5 Å². The largest absolute Gasteiger partial charge is 0.493 e. The predicted octanol–water partition coefficient (Wildman–Crippen LogP) is 4.82. The first-order valence-corrected chi connectivity index (χ1v) is 11.1. The molecule has 1 heterocycles. The van der Waals surface area contributed by atoms with Crippen molar-refractivity contribution in [3.05, 3.63) is 83.4 Å². The summed E-state index contributed by atoms with van der Waals surface area (Å²) in [7, 11) is 3.31. The van der Waals surface area contributed by atoms with E-state index in [1.807, 2.05) is 18.2 Å². The van der Waals surface area contributed by atoms with Gasteiger partial charge in [0.05, 0.1) is 26.0 Å². The molecule has 5 heteroatoms. The number of rotatable bonds is 5. The van der Waals surface area contributed by atoms with Crippen LogP contribution in [0.5, 0.6) is 11.5 Å². The molecule has 1 saturated heterocycles. The number of ether oxygens (including phenoxy) is 2. The summed E-state index contributed by atoms with van der Waals surface area (Å²) >= 11 is 0. The Morgan fingerprint density at radius 2 is 1.38 bits per heavy atom. The molecule has 0 radical (unpaired) electrons. The molecule has 164 valence electrons. The highest BCUT2D eigenvalue weighted by molar-refractivity contribution is 5.99. The Labute approximate surface area is 189 Å². The molecule has 3 aromatic rings. The van der Waals surface area contributed by atoms with Crippen molar-refractivity contribution < 1.29 is 9.47 Å². The van der Waals surface area contributed by atoms with E-state index in [9.17, 15) is 0 Å². The van der Waals surface area contributed by atoms with Crippen LogP contribution in [-0.2, 0) is 0 Å². The number of fused-ring (bicyclic) bond motifs is 3. The van der Waals surface area contributed by atoms with Crippen molar-refractivity contribution in [1.29, 1.82) is 0 Å². The van der Waals surface area contributed by atoms with Gasteiger partial charge in [-0.3, -0.25) is 9.91 Å². The van der Waals surface area contributed by atoms with Crippen molar-refractivity contribution >= 4 is 5.71 Å². The number of benzene rings is 3. The van der Waals surface area contributed by atoms with E-state index in [1.54, 1.807) is 14.2 Å². The Balaban J connectivity index is 1.32. The molecule has 0 bridgehead atoms. The number of hydrogen-bond donors (Lipinski definition) is 0. The average Bonchev–Trinajstić information content (AvgIpc) is 3.18. The molecule has 0 amide bonds. The lowest BCUT2D eigenvalue weighted by Crippen LogP contribution is -2.45. The standard InChI is InChI=1S/C27H29N3O2/c1-19(20-12-13-25(31-2)26(18-20)32-3)28-30-16-14-29(15-17-30)27-23-10-6-4-8-21(23)22-9-5-7-11-24(22)27/h4-13,18,27H,14-17H2,1-3H3/b28-19-. The quantitative estimate of drug-likeness (QED) is 0.548. The third-order valence-electron chi connectivity index (χ3n) is 6.55. The van der Waals surface area contributed by atoms with Crippen LogP contribution in [0.25, 0.3) is 11.1 Å². The maximum atomic E-state index is 5.45. The van der Waals surface area contributed by atoms with Gasteiger partial charge < -0.3 is 9.47 Å². The third kappa shape index (κ3) is 3.63. The summed E-state index contributed by atoms with van der Waals surface area (Å²) < 4.78 is 10.8. The minimum atomic E-state index is 0.334. The lowest BCUT2D eigenvalue weighted by molar-refractivity contribution is 0.114. The first kappa shape index (κ1) is 20.6. The summed E-state index contributed by atoms with van der Waals surface area (Å²) in [5.74, 6) is 1.46. The maximum absolute atomic E-state index is 5.45. The normalized spacial score (nSPS) is 16.6. The number of piperazine rings is 1. The molecule has 3 aromatic carbocycles. The van der Waals surface area contributed by atoms with Gasteiger partial charge >= 0.3 is 0 Å². The molecule has 1 aliphatic heterocycles. The molecule has 0 N–H and O–H groups in total. The highest BCUT2D eigenvalue weighted by Crippen LogP contribution is 2.46. The second kappa shape index (κ2) is 8.67. The van der Waals surface area contributed by atoms with Crippen LogP contribution < -0.4 is 9.47 Å². The van der Waals surface area contributed by atoms with Gasteiger partial charge in [-0.2, -0.15) is 5.10 Å². The molecule has 1 fully saturated rings. The highest BCUT2D eigenvalue weighted by atomic mass is 16.5. The number of hydrogen-bond acceptors (Lipinski definition) is 5. The molecule has 1 aliphatic carbocycles. The second-order valence-electron chi connectivity index (χ2n) is 8.32. The van der Waals surface area contributed by atoms with Crippen LogP contribution in [0.2, 0.25) is 0 Å². The minimum absolute atomic E-state index is 0.334. The van der Waals surface area contributed by atoms with Crippen molar-refractivity contribution in [2.75, 3.05) is 40.4 Å². The summed E-state index contributed by atoms with van der Waals surface area (Å²) in [6.07, 6.45) is 0. The molecule has 5 rings (SSSR count). The Morgan fingerprint density at radius 3 is 1.97 bits per heavy atom. The smallest absolute Gasteiger partial charge is 0.161 e. The van der Waals surface area contributed by atoms with Crippen molar-refractivity contribution in [2.24, 2.45) is 5.10 Å². The van der Waals surface area contributed by atoms with E-state index in [0.29, 0.717) is 6.04 Å². The molecule has 32 heavy (non-hydrogen) atoms. The van der Waals surface area contributed by atoms with Crippen LogP contribution in [0.15, 0.2) is 71.8 Å². The maximum Gasteiger partial charge on any atom is 0.161 e. The Bertz CT molecular complexity index is 1100. The Morgan fingerprint density at radius 1 is 0.781 bits per heavy atom. The SMILES string of the molecule is COc1ccc(/C(C)=N\N2CCN(C3c4ccccc4-c4ccccc43)CC2)cc1OC. The summed E-state index contributed by atoms with van der Waals surface area (Å²) in [4.78, 5) is 2.60. The van der Waals surface area contributed by atoms with Crippen molar-refractivity contribution in [1.82, 2.24) is 9.91 Å². The molecule has 5 nitrogen and oxygen atoms in total. The topological polar surface area (TPSA) is 37.3 Å². The molecule has 2 aliphatic rings. The number of methoxy groups -OCH3 is 2. The van der Waals surface area contributed by atoms with Gasteiger partial charge in [-0.1, -0.05) is 48.5 Å². The van der Waals surface area contributed by atoms with Crippen LogP contribution in [0.3, 0.4) is 0 Å². The van der Waals surface area contributed by atoms with Gasteiger partial charge in [0.25, 0.3) is 0 Å². The fraction of sp³-hybridized carbons (Fsp3) is 0.296.